The first-order chi connectivity index (χ1) is 9.81. The highest BCUT2D eigenvalue weighted by atomic mass is 32.2. The van der Waals surface area contributed by atoms with Crippen molar-refractivity contribution >= 4 is 21.7 Å². The Labute approximate surface area is 123 Å². The van der Waals surface area contributed by atoms with Crippen LogP contribution in [0.2, 0.25) is 0 Å². The lowest BCUT2D eigenvalue weighted by molar-refractivity contribution is 0.0698. The molecule has 0 aliphatic rings. The molecule has 110 valence electrons. The van der Waals surface area contributed by atoms with Gasteiger partial charge < -0.3 is 5.11 Å². The maximum absolute atomic E-state index is 12.4. The number of anilines is 1. The van der Waals surface area contributed by atoms with Gasteiger partial charge in [0.2, 0.25) is 0 Å². The Morgan fingerprint density at radius 1 is 1.10 bits per heavy atom. The average molecular weight is 305 g/mol. The van der Waals surface area contributed by atoms with E-state index in [1.165, 1.54) is 18.2 Å². The molecule has 2 aromatic carbocycles. The van der Waals surface area contributed by atoms with Crippen molar-refractivity contribution in [3.05, 3.63) is 59.2 Å². The predicted molar refractivity (Wildman–Crippen MR) is 80.1 cm³/mol. The van der Waals surface area contributed by atoms with E-state index in [0.717, 1.165) is 5.56 Å². The van der Waals surface area contributed by atoms with Crippen molar-refractivity contribution < 1.29 is 18.3 Å². The Balaban J connectivity index is 2.47. The molecule has 0 aliphatic heterocycles. The van der Waals surface area contributed by atoms with Crippen LogP contribution in [0.3, 0.4) is 0 Å². The number of rotatable bonds is 4. The maximum Gasteiger partial charge on any atom is 0.337 e. The van der Waals surface area contributed by atoms with Gasteiger partial charge in [0.05, 0.1) is 16.1 Å². The van der Waals surface area contributed by atoms with Crippen molar-refractivity contribution in [2.24, 2.45) is 0 Å². The normalized spacial score (nSPS) is 11.1. The van der Waals surface area contributed by atoms with Crippen LogP contribution < -0.4 is 4.72 Å². The minimum Gasteiger partial charge on any atom is -0.478 e. The number of carboxylic acids is 1. The summed E-state index contributed by atoms with van der Waals surface area (Å²) in [5.74, 6) is -1.18. The monoisotopic (exact) mass is 305 g/mol. The first-order valence-corrected chi connectivity index (χ1v) is 7.72. The molecule has 0 saturated heterocycles. The fourth-order valence-electron chi connectivity index (χ4n) is 1.98. The minimum absolute atomic E-state index is 0.0522. The molecule has 0 saturated carbocycles. The summed E-state index contributed by atoms with van der Waals surface area (Å²) in [6.07, 6.45) is 0. The molecule has 0 fully saturated rings. The minimum atomic E-state index is -3.83. The molecule has 5 nitrogen and oxygen atoms in total. The molecule has 0 aliphatic carbocycles. The molecule has 0 unspecified atom stereocenters. The molecule has 0 heterocycles. The summed E-state index contributed by atoms with van der Waals surface area (Å²) in [4.78, 5) is 11.4. The van der Waals surface area contributed by atoms with E-state index >= 15 is 0 Å². The van der Waals surface area contributed by atoms with E-state index in [2.05, 4.69) is 4.72 Å². The topological polar surface area (TPSA) is 83.5 Å². The molecule has 21 heavy (non-hydrogen) atoms. The zero-order valence-electron chi connectivity index (χ0n) is 11.6. The highest BCUT2D eigenvalue weighted by Gasteiger charge is 2.19. The van der Waals surface area contributed by atoms with Crippen molar-refractivity contribution in [3.8, 4) is 0 Å². The highest BCUT2D eigenvalue weighted by molar-refractivity contribution is 7.92. The fraction of sp³-hybridized carbons (Fsp3) is 0.133. The molecular weight excluding hydrogens is 290 g/mol. The first-order valence-electron chi connectivity index (χ1n) is 6.23. The number of carbonyl (C=O) groups is 1. The number of sulfonamides is 1. The van der Waals surface area contributed by atoms with E-state index in [9.17, 15) is 18.3 Å². The van der Waals surface area contributed by atoms with Crippen LogP contribution in [-0.2, 0) is 10.0 Å². The van der Waals surface area contributed by atoms with Gasteiger partial charge in [-0.3, -0.25) is 4.72 Å². The van der Waals surface area contributed by atoms with Crippen LogP contribution in [0.5, 0.6) is 0 Å². The zero-order valence-corrected chi connectivity index (χ0v) is 12.4. The summed E-state index contributed by atoms with van der Waals surface area (Å²) in [6.45, 7) is 3.42. The zero-order chi connectivity index (χ0) is 15.6. The number of carboxylic acid groups (broad SMARTS) is 1. The average Bonchev–Trinajstić information content (AvgIpc) is 2.40. The van der Waals surface area contributed by atoms with Crippen LogP contribution in [-0.4, -0.2) is 19.5 Å². The van der Waals surface area contributed by atoms with Crippen molar-refractivity contribution in [2.45, 2.75) is 18.7 Å². The second kappa shape index (κ2) is 5.57. The van der Waals surface area contributed by atoms with E-state index in [-0.39, 0.29) is 16.1 Å². The van der Waals surface area contributed by atoms with Gasteiger partial charge in [-0.2, -0.15) is 0 Å². The molecule has 0 spiro atoms. The summed E-state index contributed by atoms with van der Waals surface area (Å²) in [7, 11) is -3.83. The van der Waals surface area contributed by atoms with Crippen LogP contribution in [0.4, 0.5) is 5.69 Å². The van der Waals surface area contributed by atoms with Crippen LogP contribution >= 0.6 is 0 Å². The Bertz CT molecular complexity index is 797. The molecule has 2 rings (SSSR count). The Morgan fingerprint density at radius 3 is 2.38 bits per heavy atom. The third kappa shape index (κ3) is 3.22. The Kier molecular flexibility index (Phi) is 3.99. The quantitative estimate of drug-likeness (QED) is 0.909. The number of hydrogen-bond acceptors (Lipinski definition) is 3. The van der Waals surface area contributed by atoms with E-state index in [1.54, 1.807) is 38.1 Å². The smallest absolute Gasteiger partial charge is 0.337 e. The lowest BCUT2D eigenvalue weighted by Gasteiger charge is -2.12. The number of aryl methyl sites for hydroxylation is 2. The van der Waals surface area contributed by atoms with E-state index < -0.39 is 16.0 Å². The number of nitrogens with one attached hydrogen (secondary N) is 1. The molecule has 0 amide bonds. The molecule has 0 atom stereocenters. The van der Waals surface area contributed by atoms with Crippen LogP contribution in [0.1, 0.15) is 21.5 Å². The second-order valence-electron chi connectivity index (χ2n) is 4.73. The van der Waals surface area contributed by atoms with Gasteiger partial charge in [0, 0.05) is 0 Å². The third-order valence-electron chi connectivity index (χ3n) is 3.03. The summed E-state index contributed by atoms with van der Waals surface area (Å²) in [5.41, 5.74) is 1.31. The van der Waals surface area contributed by atoms with E-state index in [0.29, 0.717) is 5.56 Å². The lowest BCUT2D eigenvalue weighted by Crippen LogP contribution is -2.16. The van der Waals surface area contributed by atoms with E-state index in [1.807, 2.05) is 0 Å². The molecule has 2 aromatic rings. The van der Waals surface area contributed by atoms with Gasteiger partial charge in [-0.15, -0.1) is 0 Å². The fourth-order valence-corrected chi connectivity index (χ4v) is 3.31. The molecule has 0 aromatic heterocycles. The molecule has 0 bridgehead atoms. The number of aromatic carboxylic acids is 1. The van der Waals surface area contributed by atoms with Gasteiger partial charge in [-0.05, 0) is 37.6 Å². The summed E-state index contributed by atoms with van der Waals surface area (Å²) >= 11 is 0. The highest BCUT2D eigenvalue weighted by Crippen LogP contribution is 2.23. The Morgan fingerprint density at radius 2 is 1.76 bits per heavy atom. The maximum atomic E-state index is 12.4. The largest absolute Gasteiger partial charge is 0.478 e. The number of hydrogen-bond donors (Lipinski definition) is 2. The summed E-state index contributed by atoms with van der Waals surface area (Å²) in [6, 6.07) is 11.1. The Hall–Kier alpha value is -2.34. The molecule has 2 N–H and O–H groups in total. The van der Waals surface area contributed by atoms with Crippen molar-refractivity contribution in [2.75, 3.05) is 4.72 Å². The second-order valence-corrected chi connectivity index (χ2v) is 6.38. The van der Waals surface area contributed by atoms with E-state index in [4.69, 9.17) is 0 Å². The SMILES string of the molecule is Cc1ccc(NS(=O)(=O)c2ccccc2C)c(C(=O)O)c1. The van der Waals surface area contributed by atoms with Gasteiger partial charge in [-0.25, -0.2) is 13.2 Å². The van der Waals surface area contributed by atoms with Crippen LogP contribution in [0.25, 0.3) is 0 Å². The van der Waals surface area contributed by atoms with Crippen molar-refractivity contribution in [1.82, 2.24) is 0 Å². The van der Waals surface area contributed by atoms with Gasteiger partial charge in [0.1, 0.15) is 0 Å². The van der Waals surface area contributed by atoms with Crippen LogP contribution in [0, 0.1) is 13.8 Å². The summed E-state index contributed by atoms with van der Waals surface area (Å²) in [5, 5.41) is 9.18. The predicted octanol–water partition coefficient (Wildman–Crippen LogP) is 2.80. The van der Waals surface area contributed by atoms with Crippen LogP contribution in [0.15, 0.2) is 47.4 Å². The van der Waals surface area contributed by atoms with Crippen molar-refractivity contribution in [1.29, 1.82) is 0 Å². The third-order valence-corrected chi connectivity index (χ3v) is 4.56. The first kappa shape index (κ1) is 15.1. The molecule has 6 heteroatoms. The standard InChI is InChI=1S/C15H15NO4S/c1-10-7-8-13(12(9-10)15(17)18)16-21(19,20)14-6-4-3-5-11(14)2/h3-9,16H,1-2H3,(H,17,18). The van der Waals surface area contributed by atoms with Gasteiger partial charge in [-0.1, -0.05) is 29.8 Å². The summed E-state index contributed by atoms with van der Waals surface area (Å²) < 4.78 is 27.1. The number of benzene rings is 2. The van der Waals surface area contributed by atoms with Gasteiger partial charge in [0.15, 0.2) is 0 Å². The van der Waals surface area contributed by atoms with Gasteiger partial charge in [0.25, 0.3) is 10.0 Å². The molecular formula is C15H15NO4S. The van der Waals surface area contributed by atoms with Gasteiger partial charge >= 0.3 is 5.97 Å². The van der Waals surface area contributed by atoms with Crippen molar-refractivity contribution in [3.63, 3.8) is 0 Å². The molecule has 0 radical (unpaired) electrons. The lowest BCUT2D eigenvalue weighted by atomic mass is 10.1.